The molecule has 112 valence electrons. The van der Waals surface area contributed by atoms with Gasteiger partial charge >= 0.3 is 11.3 Å². The van der Waals surface area contributed by atoms with E-state index in [1.807, 2.05) is 0 Å². The van der Waals surface area contributed by atoms with Crippen molar-refractivity contribution in [1.29, 1.82) is 0 Å². The van der Waals surface area contributed by atoms with Crippen LogP contribution in [0.5, 0.6) is 0 Å². The molecule has 2 heterocycles. The van der Waals surface area contributed by atoms with Crippen LogP contribution in [-0.4, -0.2) is 7.85 Å². The SMILES string of the molecule is [B]c1cc2c(=O)oc(=O)c3cc(F)c4c5ccccc5oc1c4c23. The van der Waals surface area contributed by atoms with Crippen LogP contribution >= 0.6 is 0 Å². The molecule has 0 aliphatic rings. The summed E-state index contributed by atoms with van der Waals surface area (Å²) in [5.74, 6) is -0.600. The highest BCUT2D eigenvalue weighted by Crippen LogP contribution is 2.37. The van der Waals surface area contributed by atoms with E-state index >= 15 is 0 Å². The molecular formula is C18H6BFO4. The summed E-state index contributed by atoms with van der Waals surface area (Å²) in [5.41, 5.74) is -0.806. The van der Waals surface area contributed by atoms with Gasteiger partial charge in [0.15, 0.2) is 0 Å². The Balaban J connectivity index is 2.32. The fourth-order valence-electron chi connectivity index (χ4n) is 3.36. The molecule has 6 heteroatoms. The zero-order chi connectivity index (χ0) is 16.6. The predicted octanol–water partition coefficient (Wildman–Crippen LogP) is 2.58. The molecule has 0 fully saturated rings. The Hall–Kier alpha value is -3.15. The summed E-state index contributed by atoms with van der Waals surface area (Å²) in [7, 11) is 6.01. The van der Waals surface area contributed by atoms with Crippen molar-refractivity contribution in [3.63, 3.8) is 0 Å². The first kappa shape index (κ1) is 13.3. The van der Waals surface area contributed by atoms with Crippen molar-refractivity contribution < 1.29 is 13.2 Å². The van der Waals surface area contributed by atoms with Gasteiger partial charge in [-0.3, -0.25) is 0 Å². The highest BCUT2D eigenvalue weighted by molar-refractivity contribution is 6.43. The minimum Gasteiger partial charge on any atom is -0.457 e. The van der Waals surface area contributed by atoms with E-state index in [1.54, 1.807) is 24.3 Å². The van der Waals surface area contributed by atoms with E-state index in [0.717, 1.165) is 6.07 Å². The van der Waals surface area contributed by atoms with E-state index < -0.39 is 17.1 Å². The van der Waals surface area contributed by atoms with Gasteiger partial charge in [-0.1, -0.05) is 29.7 Å². The van der Waals surface area contributed by atoms with Crippen molar-refractivity contribution in [2.45, 2.75) is 0 Å². The Morgan fingerprint density at radius 2 is 1.54 bits per heavy atom. The number of benzene rings is 3. The van der Waals surface area contributed by atoms with Crippen LogP contribution in [0.1, 0.15) is 0 Å². The third-order valence-corrected chi connectivity index (χ3v) is 4.33. The molecule has 3 aromatic carbocycles. The van der Waals surface area contributed by atoms with E-state index in [1.165, 1.54) is 6.07 Å². The summed E-state index contributed by atoms with van der Waals surface area (Å²) in [4.78, 5) is 24.1. The molecule has 0 bridgehead atoms. The topological polar surface area (TPSA) is 60.4 Å². The second-order valence-corrected chi connectivity index (χ2v) is 5.65. The minimum atomic E-state index is -0.882. The maximum atomic E-state index is 14.8. The summed E-state index contributed by atoms with van der Waals surface area (Å²) in [6, 6.07) is 9.43. The van der Waals surface area contributed by atoms with Crippen LogP contribution in [0.15, 0.2) is 54.8 Å². The molecule has 2 aromatic heterocycles. The molecule has 5 rings (SSSR count). The molecule has 0 aliphatic carbocycles. The lowest BCUT2D eigenvalue weighted by molar-refractivity contribution is 0.488. The molecule has 2 radical (unpaired) electrons. The summed E-state index contributed by atoms with van der Waals surface area (Å²) < 4.78 is 25.3. The lowest BCUT2D eigenvalue weighted by Crippen LogP contribution is -2.16. The molecule has 5 aromatic rings. The molecule has 0 saturated carbocycles. The monoisotopic (exact) mass is 316 g/mol. The van der Waals surface area contributed by atoms with Crippen molar-refractivity contribution in [1.82, 2.24) is 0 Å². The molecule has 0 unspecified atom stereocenters. The Morgan fingerprint density at radius 1 is 0.833 bits per heavy atom. The molecule has 0 saturated heterocycles. The van der Waals surface area contributed by atoms with Crippen molar-refractivity contribution in [2.24, 2.45) is 0 Å². The molecule has 0 aliphatic heterocycles. The standard InChI is InChI=1S/C18H6BFO4/c19-10-5-8-13-9(18(22)24-17(8)21)6-11(20)14-7-3-1-2-4-12(7)23-16(10)15(13)14/h1-6H. The Bertz CT molecular complexity index is 1380. The summed E-state index contributed by atoms with van der Waals surface area (Å²) >= 11 is 0. The van der Waals surface area contributed by atoms with Crippen LogP contribution in [-0.2, 0) is 0 Å². The van der Waals surface area contributed by atoms with Crippen LogP contribution < -0.4 is 16.7 Å². The van der Waals surface area contributed by atoms with Crippen molar-refractivity contribution >= 4 is 56.8 Å². The highest BCUT2D eigenvalue weighted by atomic mass is 19.1. The van der Waals surface area contributed by atoms with Gasteiger partial charge in [0.2, 0.25) is 0 Å². The maximum Gasteiger partial charge on any atom is 0.346 e. The van der Waals surface area contributed by atoms with Crippen LogP contribution in [0.3, 0.4) is 0 Å². The number of para-hydroxylation sites is 1. The van der Waals surface area contributed by atoms with Crippen LogP contribution in [0.4, 0.5) is 4.39 Å². The van der Waals surface area contributed by atoms with Crippen molar-refractivity contribution in [3.05, 3.63) is 63.1 Å². The summed E-state index contributed by atoms with van der Waals surface area (Å²) in [6.07, 6.45) is 0. The first-order valence-electron chi connectivity index (χ1n) is 7.18. The lowest BCUT2D eigenvalue weighted by Gasteiger charge is -2.13. The van der Waals surface area contributed by atoms with E-state index in [0.29, 0.717) is 21.7 Å². The maximum absolute atomic E-state index is 14.8. The fraction of sp³-hybridized carbons (Fsp3) is 0. The smallest absolute Gasteiger partial charge is 0.346 e. The predicted molar refractivity (Wildman–Crippen MR) is 90.1 cm³/mol. The molecule has 4 nitrogen and oxygen atoms in total. The Kier molecular flexibility index (Phi) is 2.34. The molecule has 0 amide bonds. The van der Waals surface area contributed by atoms with Crippen LogP contribution in [0.2, 0.25) is 0 Å². The Labute approximate surface area is 133 Å². The molecule has 24 heavy (non-hydrogen) atoms. The quantitative estimate of drug-likeness (QED) is 0.250. The van der Waals surface area contributed by atoms with E-state index in [4.69, 9.17) is 12.3 Å². The Morgan fingerprint density at radius 3 is 2.33 bits per heavy atom. The van der Waals surface area contributed by atoms with Gasteiger partial charge in [-0.25, -0.2) is 14.0 Å². The zero-order valence-corrected chi connectivity index (χ0v) is 12.1. The summed E-state index contributed by atoms with van der Waals surface area (Å²) in [6.45, 7) is 0. The van der Waals surface area contributed by atoms with Gasteiger partial charge in [0.25, 0.3) is 0 Å². The zero-order valence-electron chi connectivity index (χ0n) is 12.1. The third-order valence-electron chi connectivity index (χ3n) is 4.33. The number of rotatable bonds is 0. The van der Waals surface area contributed by atoms with Crippen molar-refractivity contribution in [2.75, 3.05) is 0 Å². The van der Waals surface area contributed by atoms with Gasteiger partial charge in [0.1, 0.15) is 24.8 Å². The molecule has 0 atom stereocenters. The number of halogens is 1. The fourth-order valence-corrected chi connectivity index (χ4v) is 3.36. The van der Waals surface area contributed by atoms with Crippen LogP contribution in [0.25, 0.3) is 43.5 Å². The first-order chi connectivity index (χ1) is 11.6. The second kappa shape index (κ2) is 4.23. The molecule has 0 spiro atoms. The lowest BCUT2D eigenvalue weighted by atomic mass is 9.87. The van der Waals surface area contributed by atoms with E-state index in [9.17, 15) is 14.0 Å². The van der Waals surface area contributed by atoms with Gasteiger partial charge in [0, 0.05) is 21.5 Å². The summed E-state index contributed by atoms with van der Waals surface area (Å²) in [5, 5.41) is 1.56. The molecular weight excluding hydrogens is 310 g/mol. The van der Waals surface area contributed by atoms with Gasteiger partial charge in [-0.2, -0.15) is 0 Å². The van der Waals surface area contributed by atoms with Crippen molar-refractivity contribution in [3.8, 4) is 0 Å². The van der Waals surface area contributed by atoms with E-state index in [2.05, 4.69) is 4.42 Å². The van der Waals surface area contributed by atoms with Gasteiger partial charge < -0.3 is 8.83 Å². The van der Waals surface area contributed by atoms with E-state index in [-0.39, 0.29) is 27.2 Å². The first-order valence-corrected chi connectivity index (χ1v) is 7.18. The number of hydrogen-bond donors (Lipinski definition) is 0. The number of hydrogen-bond acceptors (Lipinski definition) is 4. The van der Waals surface area contributed by atoms with Gasteiger partial charge in [-0.15, -0.1) is 0 Å². The average Bonchev–Trinajstić information content (AvgIpc) is 2.57. The highest BCUT2D eigenvalue weighted by Gasteiger charge is 2.21. The van der Waals surface area contributed by atoms with Gasteiger partial charge in [0.05, 0.1) is 10.8 Å². The number of fused-ring (bicyclic) bond motifs is 2. The average molecular weight is 316 g/mol. The van der Waals surface area contributed by atoms with Crippen LogP contribution in [0, 0.1) is 5.82 Å². The second-order valence-electron chi connectivity index (χ2n) is 5.65. The third kappa shape index (κ3) is 1.47. The minimum absolute atomic E-state index is 0.00918. The van der Waals surface area contributed by atoms with Gasteiger partial charge in [-0.05, 0) is 12.1 Å². The normalized spacial score (nSPS) is 12.0. The largest absolute Gasteiger partial charge is 0.457 e. The molecule has 0 N–H and O–H groups in total.